The minimum atomic E-state index is -0.639. The van der Waals surface area contributed by atoms with Gasteiger partial charge >= 0.3 is 0 Å². The molecule has 0 saturated carbocycles. The van der Waals surface area contributed by atoms with Crippen molar-refractivity contribution >= 4 is 23.4 Å². The van der Waals surface area contributed by atoms with Gasteiger partial charge in [-0.15, -0.1) is 0 Å². The van der Waals surface area contributed by atoms with Gasteiger partial charge in [0.25, 0.3) is 11.8 Å². The van der Waals surface area contributed by atoms with Gasteiger partial charge in [0, 0.05) is 12.6 Å². The summed E-state index contributed by atoms with van der Waals surface area (Å²) in [5.41, 5.74) is 6.45. The van der Waals surface area contributed by atoms with E-state index in [2.05, 4.69) is 0 Å². The summed E-state index contributed by atoms with van der Waals surface area (Å²) in [4.78, 5) is 25.4. The average molecular weight is 377 g/mol. The molecule has 1 unspecified atom stereocenters. The number of rotatable bonds is 7. The van der Waals surface area contributed by atoms with Crippen molar-refractivity contribution in [2.75, 3.05) is 20.8 Å². The molecular formula is C19H21ClN2O4. The third kappa shape index (κ3) is 4.46. The molecule has 2 aromatic rings. The Morgan fingerprint density at radius 2 is 1.88 bits per heavy atom. The van der Waals surface area contributed by atoms with Gasteiger partial charge in [0.1, 0.15) is 0 Å². The van der Waals surface area contributed by atoms with Crippen molar-refractivity contribution < 1.29 is 19.1 Å². The number of halogens is 1. The first-order valence-corrected chi connectivity index (χ1v) is 8.33. The maximum absolute atomic E-state index is 12.9. The van der Waals surface area contributed by atoms with Crippen molar-refractivity contribution in [2.45, 2.75) is 13.0 Å². The summed E-state index contributed by atoms with van der Waals surface area (Å²) in [5.74, 6) is -0.436. The van der Waals surface area contributed by atoms with Crippen LogP contribution in [0.15, 0.2) is 42.5 Å². The zero-order valence-electron chi connectivity index (χ0n) is 14.9. The fraction of sp³-hybridized carbons (Fsp3) is 0.263. The number of benzene rings is 2. The second kappa shape index (κ2) is 8.58. The van der Waals surface area contributed by atoms with Crippen LogP contribution in [0.2, 0.25) is 5.02 Å². The largest absolute Gasteiger partial charge is 0.493 e. The molecule has 0 bridgehead atoms. The Hall–Kier alpha value is -2.73. The molecule has 0 heterocycles. The quantitative estimate of drug-likeness (QED) is 0.805. The third-order valence-corrected chi connectivity index (χ3v) is 4.30. The first-order valence-electron chi connectivity index (χ1n) is 7.96. The Kier molecular flexibility index (Phi) is 6.46. The number of carbonyl (C=O) groups is 2. The van der Waals surface area contributed by atoms with Crippen LogP contribution in [0.4, 0.5) is 0 Å². The van der Waals surface area contributed by atoms with Crippen molar-refractivity contribution in [1.29, 1.82) is 0 Å². The summed E-state index contributed by atoms with van der Waals surface area (Å²) in [7, 11) is 3.14. The Balaban J connectivity index is 2.28. The number of methoxy groups -OCH3 is 1. The Morgan fingerprint density at radius 1 is 1.23 bits per heavy atom. The second-order valence-electron chi connectivity index (χ2n) is 5.75. The van der Waals surface area contributed by atoms with Crippen molar-refractivity contribution in [2.24, 2.45) is 5.73 Å². The number of nitrogens with zero attached hydrogens (tertiary/aromatic N) is 1. The Morgan fingerprint density at radius 3 is 2.46 bits per heavy atom. The smallest absolute Gasteiger partial charge is 0.255 e. The van der Waals surface area contributed by atoms with Gasteiger partial charge in [0.15, 0.2) is 18.1 Å². The van der Waals surface area contributed by atoms with E-state index in [0.29, 0.717) is 5.56 Å². The third-order valence-electron chi connectivity index (χ3n) is 4.02. The van der Waals surface area contributed by atoms with E-state index < -0.39 is 5.91 Å². The van der Waals surface area contributed by atoms with Crippen molar-refractivity contribution in [3.05, 3.63) is 58.6 Å². The molecule has 0 aliphatic rings. The molecule has 0 fully saturated rings. The molecule has 0 aromatic heterocycles. The summed E-state index contributed by atoms with van der Waals surface area (Å²) in [6.45, 7) is 1.60. The SMILES string of the molecule is COc1cc(C(=O)N(C)C(C)c2ccccc2)cc(Cl)c1OCC(N)=O. The molecule has 0 aliphatic heterocycles. The van der Waals surface area contributed by atoms with Gasteiger partial charge in [-0.2, -0.15) is 0 Å². The monoisotopic (exact) mass is 376 g/mol. The summed E-state index contributed by atoms with van der Waals surface area (Å²) >= 11 is 6.21. The van der Waals surface area contributed by atoms with E-state index in [1.54, 1.807) is 11.9 Å². The van der Waals surface area contributed by atoms with E-state index in [1.807, 2.05) is 37.3 Å². The Bertz CT molecular complexity index is 796. The number of ether oxygens (including phenoxy) is 2. The molecule has 0 saturated heterocycles. The highest BCUT2D eigenvalue weighted by Gasteiger charge is 2.22. The minimum Gasteiger partial charge on any atom is -0.493 e. The van der Waals surface area contributed by atoms with Gasteiger partial charge in [-0.25, -0.2) is 0 Å². The number of hydrogen-bond donors (Lipinski definition) is 1. The van der Waals surface area contributed by atoms with E-state index >= 15 is 0 Å². The molecule has 2 N–H and O–H groups in total. The van der Waals surface area contributed by atoms with E-state index in [0.717, 1.165) is 5.56 Å². The van der Waals surface area contributed by atoms with Crippen LogP contribution in [0, 0.1) is 0 Å². The highest BCUT2D eigenvalue weighted by atomic mass is 35.5. The fourth-order valence-corrected chi connectivity index (χ4v) is 2.73. The van der Waals surface area contributed by atoms with Crippen LogP contribution in [0.25, 0.3) is 0 Å². The Labute approximate surface area is 157 Å². The number of hydrogen-bond acceptors (Lipinski definition) is 4. The molecule has 2 aromatic carbocycles. The number of carbonyl (C=O) groups excluding carboxylic acids is 2. The zero-order chi connectivity index (χ0) is 19.3. The van der Waals surface area contributed by atoms with Gasteiger partial charge in [-0.05, 0) is 24.6 Å². The second-order valence-corrected chi connectivity index (χ2v) is 6.15. The standard InChI is InChI=1S/C19H21ClN2O4/c1-12(13-7-5-4-6-8-13)22(2)19(24)14-9-15(20)18(16(10-14)25-3)26-11-17(21)23/h4-10,12H,11H2,1-3H3,(H2,21,23). The molecule has 7 heteroatoms. The maximum Gasteiger partial charge on any atom is 0.255 e. The van der Waals surface area contributed by atoms with Gasteiger partial charge < -0.3 is 20.1 Å². The average Bonchev–Trinajstić information content (AvgIpc) is 2.65. The molecular weight excluding hydrogens is 356 g/mol. The van der Waals surface area contributed by atoms with Crippen LogP contribution >= 0.6 is 11.6 Å². The lowest BCUT2D eigenvalue weighted by Crippen LogP contribution is -2.29. The van der Waals surface area contributed by atoms with E-state index in [9.17, 15) is 9.59 Å². The van der Waals surface area contributed by atoms with Gasteiger partial charge in [0.2, 0.25) is 0 Å². The lowest BCUT2D eigenvalue weighted by molar-refractivity contribution is -0.119. The summed E-state index contributed by atoms with van der Waals surface area (Å²) in [6.07, 6.45) is 0. The first kappa shape index (κ1) is 19.6. The summed E-state index contributed by atoms with van der Waals surface area (Å²) < 4.78 is 10.5. The molecule has 6 nitrogen and oxygen atoms in total. The van der Waals surface area contributed by atoms with Crippen LogP contribution in [0.1, 0.15) is 28.9 Å². The van der Waals surface area contributed by atoms with E-state index in [1.165, 1.54) is 19.2 Å². The van der Waals surface area contributed by atoms with Crippen molar-refractivity contribution in [1.82, 2.24) is 4.90 Å². The molecule has 0 radical (unpaired) electrons. The lowest BCUT2D eigenvalue weighted by atomic mass is 10.1. The normalized spacial score (nSPS) is 11.5. The summed E-state index contributed by atoms with van der Waals surface area (Å²) in [6, 6.07) is 12.6. The van der Waals surface area contributed by atoms with Crippen LogP contribution in [-0.2, 0) is 4.79 Å². The molecule has 138 valence electrons. The van der Waals surface area contributed by atoms with Gasteiger partial charge in [-0.1, -0.05) is 41.9 Å². The van der Waals surface area contributed by atoms with Crippen LogP contribution in [-0.4, -0.2) is 37.5 Å². The molecule has 0 aliphatic carbocycles. The zero-order valence-corrected chi connectivity index (χ0v) is 15.6. The summed E-state index contributed by atoms with van der Waals surface area (Å²) in [5, 5.41) is 0.162. The number of amides is 2. The highest BCUT2D eigenvalue weighted by molar-refractivity contribution is 6.32. The molecule has 2 amide bonds. The van der Waals surface area contributed by atoms with Crippen LogP contribution in [0.5, 0.6) is 11.5 Å². The fourth-order valence-electron chi connectivity index (χ4n) is 2.46. The van der Waals surface area contributed by atoms with E-state index in [-0.39, 0.29) is 35.1 Å². The number of primary amides is 1. The minimum absolute atomic E-state index is 0.126. The van der Waals surface area contributed by atoms with Gasteiger partial charge in [-0.3, -0.25) is 9.59 Å². The molecule has 1 atom stereocenters. The van der Waals surface area contributed by atoms with E-state index in [4.69, 9.17) is 26.8 Å². The van der Waals surface area contributed by atoms with Crippen LogP contribution < -0.4 is 15.2 Å². The first-order chi connectivity index (χ1) is 12.3. The molecule has 0 spiro atoms. The van der Waals surface area contributed by atoms with Gasteiger partial charge in [0.05, 0.1) is 18.2 Å². The number of nitrogens with two attached hydrogens (primary N) is 1. The predicted octanol–water partition coefficient (Wildman–Crippen LogP) is 3.05. The molecule has 26 heavy (non-hydrogen) atoms. The lowest BCUT2D eigenvalue weighted by Gasteiger charge is -2.26. The highest BCUT2D eigenvalue weighted by Crippen LogP contribution is 2.37. The van der Waals surface area contributed by atoms with Crippen molar-refractivity contribution in [3.8, 4) is 11.5 Å². The topological polar surface area (TPSA) is 81.9 Å². The predicted molar refractivity (Wildman–Crippen MR) is 99.6 cm³/mol. The van der Waals surface area contributed by atoms with Crippen molar-refractivity contribution in [3.63, 3.8) is 0 Å². The van der Waals surface area contributed by atoms with Crippen LogP contribution in [0.3, 0.4) is 0 Å². The maximum atomic E-state index is 12.9. The molecule has 2 rings (SSSR count).